The van der Waals surface area contributed by atoms with Crippen LogP contribution in [0.1, 0.15) is 58.6 Å². The number of carbonyl (C=O) groups is 2. The fourth-order valence-corrected chi connectivity index (χ4v) is 5.34. The van der Waals surface area contributed by atoms with E-state index in [0.717, 1.165) is 6.42 Å². The number of ether oxygens (including phenoxy) is 1. The standard InChI is InChI=1S/C22H20F3N3O5/c1-10-9-33-22-4-2-3-16(22)27-8-13(18(29)19(30)17(27)21(32)28(10)22)20(31)26-7-12-14(24)5-11(23)6-15(12)25/h5-6,8,10,16,30H,2-4,7,9H2,1H3,(H,26,31)/p+1/t10-,16+,22+/m1/s1. The van der Waals surface area contributed by atoms with E-state index in [4.69, 9.17) is 4.74 Å². The number of halogens is 3. The first-order valence-corrected chi connectivity index (χ1v) is 10.6. The average molecular weight is 464 g/mol. The lowest BCUT2D eigenvalue weighted by Crippen LogP contribution is -2.59. The predicted octanol–water partition coefficient (Wildman–Crippen LogP) is 1.71. The Morgan fingerprint density at radius 2 is 1.97 bits per heavy atom. The molecule has 33 heavy (non-hydrogen) atoms. The van der Waals surface area contributed by atoms with Crippen LogP contribution < -0.4 is 10.7 Å². The van der Waals surface area contributed by atoms with Crippen molar-refractivity contribution in [1.29, 1.82) is 0 Å². The van der Waals surface area contributed by atoms with E-state index in [1.807, 2.05) is 6.92 Å². The van der Waals surface area contributed by atoms with Crippen molar-refractivity contribution >= 4 is 11.8 Å². The topological polar surface area (TPSA) is 104 Å². The number of amides is 2. The van der Waals surface area contributed by atoms with Crippen molar-refractivity contribution in [2.75, 3.05) is 6.61 Å². The highest BCUT2D eigenvalue weighted by Crippen LogP contribution is 2.51. The third-order valence-electron chi connectivity index (χ3n) is 6.79. The molecule has 2 aliphatic heterocycles. The highest BCUT2D eigenvalue weighted by atomic mass is 19.1. The Hall–Kier alpha value is -3.34. The molecule has 2 fully saturated rings. The summed E-state index contributed by atoms with van der Waals surface area (Å²) in [6.45, 7) is 1.64. The zero-order valence-corrected chi connectivity index (χ0v) is 17.6. The van der Waals surface area contributed by atoms with Gasteiger partial charge in [-0.15, -0.1) is 0 Å². The molecule has 11 heteroatoms. The Balaban J connectivity index is 1.52. The summed E-state index contributed by atoms with van der Waals surface area (Å²) in [4.78, 5) is 40.4. The number of nitrogens with zero attached hydrogens (tertiary/aromatic N) is 2. The molecule has 1 aliphatic carbocycles. The molecule has 0 bridgehead atoms. The van der Waals surface area contributed by atoms with Crippen LogP contribution in [0.4, 0.5) is 13.2 Å². The van der Waals surface area contributed by atoms with Gasteiger partial charge >= 0.3 is 0 Å². The zero-order chi connectivity index (χ0) is 23.7. The maximum atomic E-state index is 13.9. The fourth-order valence-electron chi connectivity index (χ4n) is 5.34. The first-order chi connectivity index (χ1) is 15.7. The van der Waals surface area contributed by atoms with Crippen molar-refractivity contribution in [3.8, 4) is 5.75 Å². The number of hydrogen-bond acceptors (Lipinski definition) is 4. The summed E-state index contributed by atoms with van der Waals surface area (Å²) in [5, 5.41) is 12.8. The Kier molecular flexibility index (Phi) is 4.78. The van der Waals surface area contributed by atoms with Gasteiger partial charge in [0, 0.05) is 36.9 Å². The molecule has 5 rings (SSSR count). The van der Waals surface area contributed by atoms with Gasteiger partial charge in [0.25, 0.3) is 17.5 Å². The monoisotopic (exact) mass is 464 g/mol. The zero-order valence-electron chi connectivity index (χ0n) is 17.6. The number of pyridine rings is 1. The number of hydrogen-bond donors (Lipinski definition) is 2. The molecule has 3 aliphatic rings. The SMILES string of the molecule is C[C@@H]1C[OH+][C@@]23CCC[C@@H]2n2cc(C(=O)NCc4c(F)cc(F)cc4F)c(=O)c(O)c2C(=O)N13. The molecule has 1 saturated heterocycles. The van der Waals surface area contributed by atoms with Gasteiger partial charge < -0.3 is 19.7 Å². The minimum Gasteiger partial charge on any atom is -0.503 e. The van der Waals surface area contributed by atoms with Crippen LogP contribution in [-0.2, 0) is 6.54 Å². The first-order valence-electron chi connectivity index (χ1n) is 10.6. The number of fused-ring (bicyclic) bond motifs is 2. The van der Waals surface area contributed by atoms with Crippen LogP contribution >= 0.6 is 0 Å². The van der Waals surface area contributed by atoms with E-state index in [1.165, 1.54) is 10.8 Å². The average Bonchev–Trinajstić information content (AvgIpc) is 3.32. The Bertz CT molecular complexity index is 1240. The summed E-state index contributed by atoms with van der Waals surface area (Å²) < 4.78 is 47.0. The second-order valence-electron chi connectivity index (χ2n) is 8.66. The van der Waals surface area contributed by atoms with Crippen LogP contribution in [-0.4, -0.2) is 49.5 Å². The van der Waals surface area contributed by atoms with Gasteiger partial charge in [-0.05, 0) is 19.8 Å². The summed E-state index contributed by atoms with van der Waals surface area (Å²) >= 11 is 0. The van der Waals surface area contributed by atoms with Crippen molar-refractivity contribution in [2.45, 2.75) is 50.5 Å². The summed E-state index contributed by atoms with van der Waals surface area (Å²) in [7, 11) is 0. The molecule has 1 aromatic carbocycles. The third-order valence-corrected chi connectivity index (χ3v) is 6.79. The lowest BCUT2D eigenvalue weighted by atomic mass is 9.98. The second-order valence-corrected chi connectivity index (χ2v) is 8.66. The number of carbonyl (C=O) groups excluding carboxylic acids is 2. The van der Waals surface area contributed by atoms with E-state index >= 15 is 0 Å². The predicted molar refractivity (Wildman–Crippen MR) is 108 cm³/mol. The molecule has 1 aromatic heterocycles. The summed E-state index contributed by atoms with van der Waals surface area (Å²) in [5.41, 5.74) is -3.11. The molecule has 174 valence electrons. The highest BCUT2D eigenvalue weighted by Gasteiger charge is 2.65. The molecular formula is C22H21F3N3O5+. The van der Waals surface area contributed by atoms with E-state index < -0.39 is 63.8 Å². The van der Waals surface area contributed by atoms with E-state index in [-0.39, 0.29) is 17.8 Å². The molecule has 2 aromatic rings. The second kappa shape index (κ2) is 7.34. The van der Waals surface area contributed by atoms with Gasteiger partial charge in [0.15, 0.2) is 18.1 Å². The van der Waals surface area contributed by atoms with Crippen LogP contribution in [0, 0.1) is 17.5 Å². The van der Waals surface area contributed by atoms with Crippen LogP contribution in [0.15, 0.2) is 23.1 Å². The van der Waals surface area contributed by atoms with Gasteiger partial charge in [-0.1, -0.05) is 0 Å². The van der Waals surface area contributed by atoms with Gasteiger partial charge in [-0.25, -0.2) is 13.2 Å². The van der Waals surface area contributed by atoms with Gasteiger partial charge in [0.05, 0.1) is 0 Å². The van der Waals surface area contributed by atoms with Crippen molar-refractivity contribution in [3.63, 3.8) is 0 Å². The number of aromatic hydroxyl groups is 1. The number of aliphatic hydroxyl groups is 2. The van der Waals surface area contributed by atoms with Gasteiger partial charge in [0.2, 0.25) is 5.43 Å². The molecule has 8 nitrogen and oxygen atoms in total. The van der Waals surface area contributed by atoms with Crippen molar-refractivity contribution in [1.82, 2.24) is 14.8 Å². The molecule has 3 N–H and O–H groups in total. The highest BCUT2D eigenvalue weighted by molar-refractivity contribution is 5.99. The third kappa shape index (κ3) is 2.98. The van der Waals surface area contributed by atoms with E-state index in [9.17, 15) is 32.7 Å². The summed E-state index contributed by atoms with van der Waals surface area (Å²) in [6, 6.07) is 0.408. The Morgan fingerprint density at radius 1 is 1.27 bits per heavy atom. The van der Waals surface area contributed by atoms with Crippen LogP contribution in [0.2, 0.25) is 0 Å². The van der Waals surface area contributed by atoms with Crippen molar-refractivity contribution in [3.05, 3.63) is 62.8 Å². The fraction of sp³-hybridized carbons (Fsp3) is 0.409. The van der Waals surface area contributed by atoms with Crippen LogP contribution in [0.3, 0.4) is 0 Å². The lowest BCUT2D eigenvalue weighted by molar-refractivity contribution is -0.205. The van der Waals surface area contributed by atoms with Crippen LogP contribution in [0.25, 0.3) is 0 Å². The van der Waals surface area contributed by atoms with E-state index in [1.54, 1.807) is 4.90 Å². The molecule has 0 unspecified atom stereocenters. The molecule has 2 amide bonds. The molecular weight excluding hydrogens is 443 g/mol. The van der Waals surface area contributed by atoms with Gasteiger partial charge in [-0.3, -0.25) is 19.3 Å². The Morgan fingerprint density at radius 3 is 2.67 bits per heavy atom. The lowest BCUT2D eigenvalue weighted by Gasteiger charge is -2.41. The maximum absolute atomic E-state index is 13.9. The van der Waals surface area contributed by atoms with Gasteiger partial charge in [0.1, 0.15) is 35.1 Å². The molecule has 1 saturated carbocycles. The summed E-state index contributed by atoms with van der Waals surface area (Å²) in [6.07, 6.45) is 3.23. The quantitative estimate of drug-likeness (QED) is 0.675. The minimum atomic E-state index is -1.19. The smallest absolute Gasteiger partial charge is 0.281 e. The molecule has 1 spiro atoms. The molecule has 0 radical (unpaired) electrons. The van der Waals surface area contributed by atoms with Crippen molar-refractivity contribution < 1.29 is 32.6 Å². The Labute approximate surface area is 185 Å². The van der Waals surface area contributed by atoms with E-state index in [0.29, 0.717) is 31.6 Å². The van der Waals surface area contributed by atoms with Crippen molar-refractivity contribution in [2.24, 2.45) is 0 Å². The van der Waals surface area contributed by atoms with E-state index in [2.05, 4.69) is 5.32 Å². The number of rotatable bonds is 3. The summed E-state index contributed by atoms with van der Waals surface area (Å²) in [5.74, 6) is -5.85. The maximum Gasteiger partial charge on any atom is 0.281 e. The number of nitrogens with one attached hydrogen (secondary N) is 1. The minimum absolute atomic E-state index is 0.190. The number of benzene rings is 1. The van der Waals surface area contributed by atoms with Gasteiger partial charge in [-0.2, -0.15) is 0 Å². The first kappa shape index (κ1) is 21.5. The number of aromatic nitrogens is 1. The normalized spacial score (nSPS) is 25.6. The largest absolute Gasteiger partial charge is 0.503 e. The van der Waals surface area contributed by atoms with Crippen LogP contribution in [0.5, 0.6) is 5.75 Å². The molecule has 3 atom stereocenters. The molecule has 3 heterocycles.